The molecule has 3 aliphatic rings. The second-order valence-corrected chi connectivity index (χ2v) is 7.87. The van der Waals surface area contributed by atoms with Gasteiger partial charge >= 0.3 is 0 Å². The van der Waals surface area contributed by atoms with Crippen molar-refractivity contribution in [3.8, 4) is 0 Å². The first-order chi connectivity index (χ1) is 14.6. The Morgan fingerprint density at radius 3 is 1.97 bits per heavy atom. The Balaban J connectivity index is 1.80. The van der Waals surface area contributed by atoms with Crippen molar-refractivity contribution in [2.75, 3.05) is 13.2 Å². The van der Waals surface area contributed by atoms with E-state index in [1.165, 1.54) is 6.92 Å². The number of rotatable bonds is 5. The van der Waals surface area contributed by atoms with Gasteiger partial charge in [0.05, 0.1) is 19.3 Å². The summed E-state index contributed by atoms with van der Waals surface area (Å²) in [5.74, 6) is 0. The van der Waals surface area contributed by atoms with Crippen molar-refractivity contribution in [1.82, 2.24) is 0 Å². The maximum Gasteiger partial charge on any atom is 0.187 e. The van der Waals surface area contributed by atoms with E-state index in [2.05, 4.69) is 0 Å². The average molecular weight is 458 g/mol. The van der Waals surface area contributed by atoms with E-state index in [4.69, 9.17) is 23.7 Å². The van der Waals surface area contributed by atoms with Gasteiger partial charge in [-0.15, -0.1) is 0 Å². The molecule has 3 fully saturated rings. The lowest BCUT2D eigenvalue weighted by Crippen LogP contribution is -2.66. The van der Waals surface area contributed by atoms with Gasteiger partial charge in [0.2, 0.25) is 0 Å². The van der Waals surface area contributed by atoms with E-state index < -0.39 is 92.6 Å². The number of ether oxygens (including phenoxy) is 5. The highest BCUT2D eigenvalue weighted by Crippen LogP contribution is 2.31. The van der Waals surface area contributed by atoms with Gasteiger partial charge in [-0.25, -0.2) is 0 Å². The van der Waals surface area contributed by atoms with Crippen LogP contribution < -0.4 is 0 Å². The molecule has 0 aromatic heterocycles. The zero-order valence-electron chi connectivity index (χ0n) is 16.6. The number of hydrogen-bond donors (Lipinski definition) is 9. The van der Waals surface area contributed by atoms with Gasteiger partial charge in [-0.2, -0.15) is 0 Å². The van der Waals surface area contributed by atoms with E-state index >= 15 is 0 Å². The van der Waals surface area contributed by atoms with E-state index in [1.807, 2.05) is 0 Å². The summed E-state index contributed by atoms with van der Waals surface area (Å²) in [6.45, 7) is 0.298. The van der Waals surface area contributed by atoms with Gasteiger partial charge in [0, 0.05) is 0 Å². The van der Waals surface area contributed by atoms with Crippen LogP contribution in [-0.4, -0.2) is 145 Å². The van der Waals surface area contributed by atoms with Gasteiger partial charge in [0.15, 0.2) is 18.9 Å². The molecular formula is C17H30O14. The summed E-state index contributed by atoms with van der Waals surface area (Å²) < 4.78 is 26.7. The fourth-order valence-corrected chi connectivity index (χ4v) is 3.71. The SMILES string of the molecule is C[C@@H]1O[C@@H](O[C@@H]2[C@@H](O)[C@H](O)O[C@H](CO)[C@H]2O[C@@H]2OC[C@H](O)[C@H](O)[C@H]2O)[C@H](O)[C@H](O)[C@H]1O. The minimum Gasteiger partial charge on any atom is -0.394 e. The van der Waals surface area contributed by atoms with E-state index in [-0.39, 0.29) is 6.61 Å². The molecule has 14 atom stereocenters. The van der Waals surface area contributed by atoms with Crippen molar-refractivity contribution in [2.24, 2.45) is 0 Å². The molecule has 0 amide bonds. The number of aliphatic hydroxyl groups is 9. The summed E-state index contributed by atoms with van der Waals surface area (Å²) in [5, 5.41) is 89.6. The third-order valence-electron chi connectivity index (χ3n) is 5.66. The lowest BCUT2D eigenvalue weighted by atomic mass is 9.96. The van der Waals surface area contributed by atoms with Crippen LogP contribution in [-0.2, 0) is 23.7 Å². The van der Waals surface area contributed by atoms with Crippen molar-refractivity contribution in [3.05, 3.63) is 0 Å². The maximum atomic E-state index is 10.4. The molecule has 3 rings (SSSR count). The van der Waals surface area contributed by atoms with Crippen LogP contribution in [0.4, 0.5) is 0 Å². The topological polar surface area (TPSA) is 228 Å². The summed E-state index contributed by atoms with van der Waals surface area (Å²) in [7, 11) is 0. The predicted octanol–water partition coefficient (Wildman–Crippen LogP) is -5.91. The van der Waals surface area contributed by atoms with Crippen LogP contribution >= 0.6 is 0 Å². The third kappa shape index (κ3) is 5.02. The lowest BCUT2D eigenvalue weighted by molar-refractivity contribution is -0.376. The summed E-state index contributed by atoms with van der Waals surface area (Å²) in [6.07, 6.45) is -21.4. The first-order valence-electron chi connectivity index (χ1n) is 9.85. The summed E-state index contributed by atoms with van der Waals surface area (Å²) in [6, 6.07) is 0. The lowest BCUT2D eigenvalue weighted by Gasteiger charge is -2.47. The van der Waals surface area contributed by atoms with E-state index in [1.54, 1.807) is 0 Å². The molecule has 0 saturated carbocycles. The molecule has 0 bridgehead atoms. The predicted molar refractivity (Wildman–Crippen MR) is 93.8 cm³/mol. The Hall–Kier alpha value is -0.560. The average Bonchev–Trinajstić information content (AvgIpc) is 2.75. The number of aliphatic hydroxyl groups excluding tert-OH is 9. The zero-order valence-corrected chi connectivity index (χ0v) is 16.6. The van der Waals surface area contributed by atoms with Crippen LogP contribution in [0.3, 0.4) is 0 Å². The highest BCUT2D eigenvalue weighted by atomic mass is 16.7. The minimum absolute atomic E-state index is 0.386. The Morgan fingerprint density at radius 1 is 0.710 bits per heavy atom. The molecule has 31 heavy (non-hydrogen) atoms. The molecule has 14 nitrogen and oxygen atoms in total. The third-order valence-corrected chi connectivity index (χ3v) is 5.66. The summed E-state index contributed by atoms with van der Waals surface area (Å²) >= 11 is 0. The standard InChI is InChI=1S/C17H30O14/c1-4-7(20)9(22)11(24)17(28-4)31-14-12(25)15(26)29-6(2-18)13(14)30-16-10(23)8(21)5(19)3-27-16/h4-26H,2-3H2,1H3/t4-,5-,6+,7-,8-,9+,10+,11+,12+,13+,14+,15+,16-,17-/m0/s1. The molecule has 0 aromatic rings. The van der Waals surface area contributed by atoms with Gasteiger partial charge in [-0.3, -0.25) is 0 Å². The number of hydrogen-bond acceptors (Lipinski definition) is 14. The van der Waals surface area contributed by atoms with Crippen molar-refractivity contribution < 1.29 is 69.6 Å². The highest BCUT2D eigenvalue weighted by molar-refractivity contribution is 4.95. The van der Waals surface area contributed by atoms with Gasteiger partial charge in [-0.1, -0.05) is 0 Å². The second kappa shape index (κ2) is 10.1. The van der Waals surface area contributed by atoms with Crippen LogP contribution in [0.2, 0.25) is 0 Å². The van der Waals surface area contributed by atoms with Crippen LogP contribution in [0.25, 0.3) is 0 Å². The van der Waals surface area contributed by atoms with Gasteiger partial charge in [-0.05, 0) is 6.92 Å². The van der Waals surface area contributed by atoms with Crippen LogP contribution in [0.5, 0.6) is 0 Å². The second-order valence-electron chi connectivity index (χ2n) is 7.87. The first-order valence-corrected chi connectivity index (χ1v) is 9.85. The maximum absolute atomic E-state index is 10.4. The van der Waals surface area contributed by atoms with E-state index in [9.17, 15) is 46.0 Å². The molecule has 3 heterocycles. The molecule has 14 heteroatoms. The fourth-order valence-electron chi connectivity index (χ4n) is 3.71. The Labute approximate surface area is 176 Å². The molecule has 0 aromatic carbocycles. The molecule has 9 N–H and O–H groups in total. The smallest absolute Gasteiger partial charge is 0.187 e. The minimum atomic E-state index is -1.83. The molecule has 182 valence electrons. The molecule has 3 aliphatic heterocycles. The van der Waals surface area contributed by atoms with Crippen LogP contribution in [0.1, 0.15) is 6.92 Å². The van der Waals surface area contributed by atoms with Crippen LogP contribution in [0, 0.1) is 0 Å². The Morgan fingerprint density at radius 2 is 1.32 bits per heavy atom. The van der Waals surface area contributed by atoms with Crippen molar-refractivity contribution in [3.63, 3.8) is 0 Å². The Bertz CT molecular complexity index is 581. The fraction of sp³-hybridized carbons (Fsp3) is 1.00. The van der Waals surface area contributed by atoms with Crippen molar-refractivity contribution in [1.29, 1.82) is 0 Å². The molecule has 0 aliphatic carbocycles. The van der Waals surface area contributed by atoms with E-state index in [0.717, 1.165) is 0 Å². The first kappa shape index (κ1) is 25.1. The highest BCUT2D eigenvalue weighted by Gasteiger charge is 2.52. The van der Waals surface area contributed by atoms with Crippen LogP contribution in [0.15, 0.2) is 0 Å². The van der Waals surface area contributed by atoms with Crippen molar-refractivity contribution in [2.45, 2.75) is 92.9 Å². The normalized spacial score (nSPS) is 54.0. The van der Waals surface area contributed by atoms with Gasteiger partial charge in [0.1, 0.15) is 61.0 Å². The largest absolute Gasteiger partial charge is 0.394 e. The van der Waals surface area contributed by atoms with Gasteiger partial charge in [0.25, 0.3) is 0 Å². The monoisotopic (exact) mass is 458 g/mol. The molecule has 0 spiro atoms. The molecule has 0 radical (unpaired) electrons. The van der Waals surface area contributed by atoms with E-state index in [0.29, 0.717) is 0 Å². The molecular weight excluding hydrogens is 428 g/mol. The van der Waals surface area contributed by atoms with Crippen molar-refractivity contribution >= 4 is 0 Å². The quantitative estimate of drug-likeness (QED) is 0.187. The summed E-state index contributed by atoms with van der Waals surface area (Å²) in [4.78, 5) is 0. The Kier molecular flexibility index (Phi) is 8.21. The molecule has 0 unspecified atom stereocenters. The van der Waals surface area contributed by atoms with Gasteiger partial charge < -0.3 is 69.6 Å². The molecule has 3 saturated heterocycles. The zero-order chi connectivity index (χ0) is 23.0. The summed E-state index contributed by atoms with van der Waals surface area (Å²) in [5.41, 5.74) is 0.